The summed E-state index contributed by atoms with van der Waals surface area (Å²) in [7, 11) is 1.62. The molecule has 78 valence electrons. The minimum atomic E-state index is 0.0211. The quantitative estimate of drug-likeness (QED) is 0.544. The van der Waals surface area contributed by atoms with Crippen molar-refractivity contribution in [3.63, 3.8) is 0 Å². The molecular weight excluding hydrogens is 168 g/mol. The number of aliphatic hydroxyl groups is 1. The van der Waals surface area contributed by atoms with Crippen LogP contribution in [0.3, 0.4) is 0 Å². The van der Waals surface area contributed by atoms with Crippen LogP contribution in [0.5, 0.6) is 0 Å². The van der Waals surface area contributed by atoms with Crippen molar-refractivity contribution in [3.05, 3.63) is 0 Å². The van der Waals surface area contributed by atoms with E-state index in [4.69, 9.17) is 5.11 Å². The summed E-state index contributed by atoms with van der Waals surface area (Å²) in [5.41, 5.74) is 0. The van der Waals surface area contributed by atoms with Gasteiger partial charge in [-0.25, -0.2) is 0 Å². The van der Waals surface area contributed by atoms with Crippen molar-refractivity contribution in [2.24, 2.45) is 0 Å². The predicted octanol–water partition coefficient (Wildman–Crippen LogP) is -0.128. The maximum atomic E-state index is 11.0. The largest absolute Gasteiger partial charge is 0.395 e. The van der Waals surface area contributed by atoms with Gasteiger partial charge >= 0.3 is 0 Å². The second-order valence-corrected chi connectivity index (χ2v) is 3.23. The number of hydrogen-bond acceptors (Lipinski definition) is 3. The van der Waals surface area contributed by atoms with Crippen molar-refractivity contribution in [2.45, 2.75) is 38.8 Å². The van der Waals surface area contributed by atoms with E-state index in [1.165, 1.54) is 0 Å². The first-order chi connectivity index (χ1) is 6.13. The molecule has 0 aromatic carbocycles. The molecule has 0 spiro atoms. The summed E-state index contributed by atoms with van der Waals surface area (Å²) in [6, 6.07) is 0.205. The maximum Gasteiger partial charge on any atom is 0.221 e. The molecule has 2 atom stereocenters. The van der Waals surface area contributed by atoms with Crippen molar-refractivity contribution in [1.82, 2.24) is 10.6 Å². The summed E-state index contributed by atoms with van der Waals surface area (Å²) in [6.45, 7) is 4.06. The van der Waals surface area contributed by atoms with E-state index in [0.717, 1.165) is 6.42 Å². The molecule has 0 aliphatic heterocycles. The lowest BCUT2D eigenvalue weighted by molar-refractivity contribution is -0.121. The predicted molar refractivity (Wildman–Crippen MR) is 52.4 cm³/mol. The lowest BCUT2D eigenvalue weighted by Crippen LogP contribution is -2.40. The average Bonchev–Trinajstić information content (AvgIpc) is 2.13. The molecule has 4 heteroatoms. The zero-order valence-electron chi connectivity index (χ0n) is 8.63. The molecule has 0 aromatic rings. The Morgan fingerprint density at radius 1 is 1.54 bits per heavy atom. The van der Waals surface area contributed by atoms with Gasteiger partial charge in [-0.2, -0.15) is 0 Å². The maximum absolute atomic E-state index is 11.0. The van der Waals surface area contributed by atoms with Gasteiger partial charge in [-0.15, -0.1) is 0 Å². The third kappa shape index (κ3) is 5.60. The molecule has 0 aliphatic carbocycles. The standard InChI is InChI=1S/C9H20N2O2/c1-4-8(6-12)11-7(2)5-9(13)10-3/h7-8,11-12H,4-6H2,1-3H3,(H,10,13)/t7?,8-/m1/s1. The Bertz CT molecular complexity index is 147. The second-order valence-electron chi connectivity index (χ2n) is 3.23. The summed E-state index contributed by atoms with van der Waals surface area (Å²) in [5.74, 6) is 0.0211. The molecule has 0 saturated heterocycles. The Morgan fingerprint density at radius 2 is 2.15 bits per heavy atom. The molecular formula is C9H20N2O2. The molecule has 0 aromatic heterocycles. The van der Waals surface area contributed by atoms with Crippen molar-refractivity contribution < 1.29 is 9.90 Å². The lowest BCUT2D eigenvalue weighted by atomic mass is 10.1. The van der Waals surface area contributed by atoms with Gasteiger partial charge < -0.3 is 15.7 Å². The highest BCUT2D eigenvalue weighted by Gasteiger charge is 2.11. The summed E-state index contributed by atoms with van der Waals surface area (Å²) in [6.07, 6.45) is 1.32. The zero-order chi connectivity index (χ0) is 10.3. The molecule has 0 rings (SSSR count). The Labute approximate surface area is 79.7 Å². The van der Waals surface area contributed by atoms with Gasteiger partial charge in [0, 0.05) is 25.6 Å². The van der Waals surface area contributed by atoms with E-state index < -0.39 is 0 Å². The Kier molecular flexibility index (Phi) is 6.54. The van der Waals surface area contributed by atoms with Crippen molar-refractivity contribution in [2.75, 3.05) is 13.7 Å². The number of carbonyl (C=O) groups is 1. The van der Waals surface area contributed by atoms with E-state index in [9.17, 15) is 4.79 Å². The van der Waals surface area contributed by atoms with Gasteiger partial charge in [0.25, 0.3) is 0 Å². The lowest BCUT2D eigenvalue weighted by Gasteiger charge is -2.19. The monoisotopic (exact) mass is 188 g/mol. The van der Waals surface area contributed by atoms with Crippen LogP contribution in [0.15, 0.2) is 0 Å². The van der Waals surface area contributed by atoms with Gasteiger partial charge in [-0.1, -0.05) is 6.92 Å². The molecule has 0 radical (unpaired) electrons. The van der Waals surface area contributed by atoms with E-state index in [1.807, 2.05) is 13.8 Å². The summed E-state index contributed by atoms with van der Waals surface area (Å²) >= 11 is 0. The van der Waals surface area contributed by atoms with Crippen molar-refractivity contribution in [3.8, 4) is 0 Å². The normalized spacial score (nSPS) is 15.1. The third-order valence-corrected chi connectivity index (χ3v) is 2.00. The van der Waals surface area contributed by atoms with E-state index in [2.05, 4.69) is 10.6 Å². The zero-order valence-corrected chi connectivity index (χ0v) is 8.63. The summed E-state index contributed by atoms with van der Waals surface area (Å²) < 4.78 is 0. The fourth-order valence-electron chi connectivity index (χ4n) is 1.14. The molecule has 4 nitrogen and oxygen atoms in total. The van der Waals surface area contributed by atoms with E-state index in [1.54, 1.807) is 7.05 Å². The molecule has 0 saturated carbocycles. The summed E-state index contributed by atoms with van der Waals surface area (Å²) in [4.78, 5) is 11.0. The van der Waals surface area contributed by atoms with Crippen LogP contribution in [0.1, 0.15) is 26.7 Å². The van der Waals surface area contributed by atoms with Gasteiger partial charge in [0.15, 0.2) is 0 Å². The SMILES string of the molecule is CC[C@H](CO)NC(C)CC(=O)NC. The van der Waals surface area contributed by atoms with Crippen LogP contribution in [-0.2, 0) is 4.79 Å². The molecule has 1 unspecified atom stereocenters. The minimum absolute atomic E-state index is 0.0211. The molecule has 3 N–H and O–H groups in total. The first kappa shape index (κ1) is 12.4. The molecule has 0 heterocycles. The number of nitrogens with one attached hydrogen (secondary N) is 2. The minimum Gasteiger partial charge on any atom is -0.395 e. The highest BCUT2D eigenvalue weighted by molar-refractivity contribution is 5.76. The highest BCUT2D eigenvalue weighted by atomic mass is 16.3. The fraction of sp³-hybridized carbons (Fsp3) is 0.889. The van der Waals surface area contributed by atoms with Gasteiger partial charge in [0.2, 0.25) is 5.91 Å². The fourth-order valence-corrected chi connectivity index (χ4v) is 1.14. The van der Waals surface area contributed by atoms with E-state index in [-0.39, 0.29) is 24.6 Å². The van der Waals surface area contributed by atoms with Crippen LogP contribution in [-0.4, -0.2) is 36.8 Å². The number of amides is 1. The number of hydrogen-bond donors (Lipinski definition) is 3. The van der Waals surface area contributed by atoms with E-state index >= 15 is 0 Å². The van der Waals surface area contributed by atoms with Gasteiger partial charge in [0.05, 0.1) is 6.61 Å². The molecule has 0 fully saturated rings. The van der Waals surface area contributed by atoms with Crippen LogP contribution in [0, 0.1) is 0 Å². The Hall–Kier alpha value is -0.610. The Balaban J connectivity index is 3.71. The van der Waals surface area contributed by atoms with Crippen LogP contribution in [0.2, 0.25) is 0 Å². The molecule has 1 amide bonds. The van der Waals surface area contributed by atoms with Crippen molar-refractivity contribution >= 4 is 5.91 Å². The van der Waals surface area contributed by atoms with Gasteiger partial charge in [-0.05, 0) is 13.3 Å². The molecule has 13 heavy (non-hydrogen) atoms. The molecule has 0 bridgehead atoms. The number of aliphatic hydroxyl groups excluding tert-OH is 1. The first-order valence-electron chi connectivity index (χ1n) is 4.71. The van der Waals surface area contributed by atoms with Crippen LogP contribution in [0.4, 0.5) is 0 Å². The summed E-state index contributed by atoms with van der Waals surface area (Å²) in [5, 5.41) is 14.6. The number of rotatable bonds is 6. The second kappa shape index (κ2) is 6.86. The van der Waals surface area contributed by atoms with Crippen LogP contribution in [0.25, 0.3) is 0 Å². The Morgan fingerprint density at radius 3 is 2.54 bits per heavy atom. The smallest absolute Gasteiger partial charge is 0.221 e. The van der Waals surface area contributed by atoms with Crippen LogP contribution >= 0.6 is 0 Å². The van der Waals surface area contributed by atoms with E-state index in [0.29, 0.717) is 6.42 Å². The van der Waals surface area contributed by atoms with Gasteiger partial charge in [-0.3, -0.25) is 4.79 Å². The topological polar surface area (TPSA) is 61.4 Å². The number of carbonyl (C=O) groups excluding carboxylic acids is 1. The average molecular weight is 188 g/mol. The first-order valence-corrected chi connectivity index (χ1v) is 4.71. The molecule has 0 aliphatic rings. The van der Waals surface area contributed by atoms with Gasteiger partial charge in [0.1, 0.15) is 0 Å². The van der Waals surface area contributed by atoms with Crippen LogP contribution < -0.4 is 10.6 Å². The van der Waals surface area contributed by atoms with Crippen molar-refractivity contribution in [1.29, 1.82) is 0 Å². The third-order valence-electron chi connectivity index (χ3n) is 2.00. The highest BCUT2D eigenvalue weighted by Crippen LogP contribution is 1.96.